The number of carbonyl (C=O) groups is 2. The molecule has 0 unspecified atom stereocenters. The molecule has 0 aliphatic carbocycles. The molecule has 4 heterocycles. The van der Waals surface area contributed by atoms with Crippen LogP contribution in [0.4, 0.5) is 22.2 Å². The predicted molar refractivity (Wildman–Crippen MR) is 106 cm³/mol. The lowest BCUT2D eigenvalue weighted by Gasteiger charge is -2.30. The summed E-state index contributed by atoms with van der Waals surface area (Å²) in [6.45, 7) is 6.35. The summed E-state index contributed by atoms with van der Waals surface area (Å²) in [6, 6.07) is 6.86. The van der Waals surface area contributed by atoms with Crippen LogP contribution >= 0.6 is 0 Å². The highest BCUT2D eigenvalue weighted by Crippen LogP contribution is 2.31. The van der Waals surface area contributed by atoms with E-state index < -0.39 is 11.7 Å². The molecule has 2 aromatic heterocycles. The monoisotopic (exact) mass is 401 g/mol. The van der Waals surface area contributed by atoms with Crippen LogP contribution < -0.4 is 25.4 Å². The van der Waals surface area contributed by atoms with Crippen molar-refractivity contribution in [2.75, 3.05) is 35.7 Å². The number of pyridine rings is 2. The maximum absolute atomic E-state index is 12.1. The van der Waals surface area contributed by atoms with Crippen molar-refractivity contribution in [2.24, 2.45) is 0 Å². The van der Waals surface area contributed by atoms with Gasteiger partial charge in [0.15, 0.2) is 29.7 Å². The topological polar surface area (TPSA) is 129 Å². The van der Waals surface area contributed by atoms with Crippen LogP contribution in [-0.4, -0.2) is 47.3 Å². The lowest BCUT2D eigenvalue weighted by Crippen LogP contribution is -2.42. The first-order valence-corrected chi connectivity index (χ1v) is 9.00. The Kier molecular flexibility index (Phi) is 5.71. The molecule has 2 aromatic rings. The van der Waals surface area contributed by atoms with Crippen molar-refractivity contribution in [1.29, 1.82) is 0 Å². The number of fused-ring (bicyclic) bond motifs is 2. The predicted octanol–water partition coefficient (Wildman–Crippen LogP) is 2.21. The van der Waals surface area contributed by atoms with E-state index in [1.54, 1.807) is 30.5 Å². The van der Waals surface area contributed by atoms with Crippen LogP contribution in [0.5, 0.6) is 11.5 Å². The third-order valence-electron chi connectivity index (χ3n) is 3.69. The number of carbonyl (C=O) groups excluding carboxylic acids is 2. The van der Waals surface area contributed by atoms with Crippen LogP contribution in [0.1, 0.15) is 20.8 Å². The van der Waals surface area contributed by atoms with E-state index in [1.165, 1.54) is 4.90 Å². The largest absolute Gasteiger partial charge is 0.488 e. The van der Waals surface area contributed by atoms with E-state index >= 15 is 0 Å². The molecule has 0 fully saturated rings. The summed E-state index contributed by atoms with van der Waals surface area (Å²) in [4.78, 5) is 32.3. The Labute approximate surface area is 168 Å². The maximum atomic E-state index is 12.1. The van der Waals surface area contributed by atoms with Gasteiger partial charge in [-0.3, -0.25) is 9.69 Å². The number of nitrogen functional groups attached to an aromatic ring is 1. The van der Waals surface area contributed by atoms with Gasteiger partial charge in [0.25, 0.3) is 5.91 Å². The molecule has 10 nitrogen and oxygen atoms in total. The van der Waals surface area contributed by atoms with Crippen LogP contribution in [0, 0.1) is 0 Å². The van der Waals surface area contributed by atoms with E-state index in [0.29, 0.717) is 42.1 Å². The lowest BCUT2D eigenvalue weighted by atomic mass is 10.2. The van der Waals surface area contributed by atoms with Gasteiger partial charge in [-0.2, -0.15) is 0 Å². The molecule has 0 atom stereocenters. The molecular formula is C19H23N5O5. The lowest BCUT2D eigenvalue weighted by molar-refractivity contribution is -0.118. The van der Waals surface area contributed by atoms with Crippen molar-refractivity contribution < 1.29 is 23.8 Å². The van der Waals surface area contributed by atoms with Crippen molar-refractivity contribution in [3.63, 3.8) is 0 Å². The number of nitrogens with two attached hydrogens (primary N) is 1. The SMILES string of the molecule is CC(C)(C)OC(=O)N1CCOc2ccc(N)nc21.O=C1COc2cccnc2N1. The van der Waals surface area contributed by atoms with Crippen molar-refractivity contribution in [1.82, 2.24) is 9.97 Å². The molecular weight excluding hydrogens is 378 g/mol. The quantitative estimate of drug-likeness (QED) is 0.687. The molecule has 0 aromatic carbocycles. The first-order chi connectivity index (χ1) is 13.7. The summed E-state index contributed by atoms with van der Waals surface area (Å²) in [5.74, 6) is 2.27. The second-order valence-electron chi connectivity index (χ2n) is 7.23. The van der Waals surface area contributed by atoms with Gasteiger partial charge in [0, 0.05) is 6.20 Å². The number of anilines is 3. The van der Waals surface area contributed by atoms with Gasteiger partial charge in [0.05, 0.1) is 6.54 Å². The van der Waals surface area contributed by atoms with E-state index in [0.717, 1.165) is 0 Å². The molecule has 0 radical (unpaired) electrons. The highest BCUT2D eigenvalue weighted by molar-refractivity contribution is 5.94. The molecule has 0 saturated heterocycles. The van der Waals surface area contributed by atoms with Gasteiger partial charge in [0.2, 0.25) is 0 Å². The molecule has 0 spiro atoms. The third kappa shape index (κ3) is 5.24. The number of amides is 2. The number of nitrogens with zero attached hydrogens (tertiary/aromatic N) is 3. The van der Waals surface area contributed by atoms with Gasteiger partial charge < -0.3 is 25.3 Å². The molecule has 10 heteroatoms. The Balaban J connectivity index is 0.000000186. The van der Waals surface area contributed by atoms with Gasteiger partial charge in [0.1, 0.15) is 18.0 Å². The highest BCUT2D eigenvalue weighted by Gasteiger charge is 2.29. The van der Waals surface area contributed by atoms with Gasteiger partial charge in [-0.25, -0.2) is 14.8 Å². The number of hydrogen-bond donors (Lipinski definition) is 2. The summed E-state index contributed by atoms with van der Waals surface area (Å²) in [5.41, 5.74) is 5.08. The van der Waals surface area contributed by atoms with Gasteiger partial charge in [-0.05, 0) is 45.0 Å². The number of rotatable bonds is 0. The molecule has 0 bridgehead atoms. The van der Waals surface area contributed by atoms with Crippen molar-refractivity contribution in [3.8, 4) is 11.5 Å². The van der Waals surface area contributed by atoms with Crippen molar-refractivity contribution in [3.05, 3.63) is 30.5 Å². The van der Waals surface area contributed by atoms with E-state index in [2.05, 4.69) is 15.3 Å². The maximum Gasteiger partial charge on any atom is 0.416 e. The van der Waals surface area contributed by atoms with Crippen LogP contribution in [0.25, 0.3) is 0 Å². The first kappa shape index (κ1) is 20.2. The standard InChI is InChI=1S/C12H17N3O3.C7H6N2O2/c1-12(2,3)18-11(16)15-6-7-17-8-4-5-9(13)14-10(8)15;10-6-4-11-5-2-1-3-8-7(5)9-6/h4-5H,6-7H2,1-3H3,(H2,13,14);1-3H,4H2,(H,8,9,10). The minimum Gasteiger partial charge on any atom is -0.488 e. The molecule has 2 aliphatic heterocycles. The van der Waals surface area contributed by atoms with Gasteiger partial charge >= 0.3 is 6.09 Å². The molecule has 0 saturated carbocycles. The fraction of sp³-hybridized carbons (Fsp3) is 0.368. The Morgan fingerprint density at radius 3 is 2.79 bits per heavy atom. The Morgan fingerprint density at radius 1 is 1.24 bits per heavy atom. The van der Waals surface area contributed by atoms with Gasteiger partial charge in [-0.15, -0.1) is 0 Å². The van der Waals surface area contributed by atoms with Crippen LogP contribution in [-0.2, 0) is 9.53 Å². The van der Waals surface area contributed by atoms with E-state index in [-0.39, 0.29) is 12.5 Å². The average molecular weight is 401 g/mol. The summed E-state index contributed by atoms with van der Waals surface area (Å²) >= 11 is 0. The van der Waals surface area contributed by atoms with Crippen molar-refractivity contribution in [2.45, 2.75) is 26.4 Å². The fourth-order valence-corrected chi connectivity index (χ4v) is 2.52. The Bertz CT molecular complexity index is 912. The zero-order chi connectivity index (χ0) is 21.0. The Hall–Kier alpha value is -3.56. The molecule has 4 rings (SSSR count). The molecule has 154 valence electrons. The van der Waals surface area contributed by atoms with Crippen molar-refractivity contribution >= 4 is 29.5 Å². The van der Waals surface area contributed by atoms with E-state index in [4.69, 9.17) is 19.9 Å². The third-order valence-corrected chi connectivity index (χ3v) is 3.69. The number of hydrogen-bond acceptors (Lipinski definition) is 8. The molecule has 3 N–H and O–H groups in total. The van der Waals surface area contributed by atoms with Crippen LogP contribution in [0.3, 0.4) is 0 Å². The zero-order valence-electron chi connectivity index (χ0n) is 16.5. The number of ether oxygens (including phenoxy) is 3. The molecule has 2 aliphatic rings. The average Bonchev–Trinajstić information content (AvgIpc) is 2.66. The van der Waals surface area contributed by atoms with Crippen LogP contribution in [0.2, 0.25) is 0 Å². The summed E-state index contributed by atoms with van der Waals surface area (Å²) < 4.78 is 15.8. The van der Waals surface area contributed by atoms with E-state index in [1.807, 2.05) is 20.8 Å². The smallest absolute Gasteiger partial charge is 0.416 e. The number of nitrogens with one attached hydrogen (secondary N) is 1. The number of aromatic nitrogens is 2. The minimum atomic E-state index is -0.546. The first-order valence-electron chi connectivity index (χ1n) is 9.00. The summed E-state index contributed by atoms with van der Waals surface area (Å²) in [6.07, 6.45) is 1.17. The highest BCUT2D eigenvalue weighted by atomic mass is 16.6. The fourth-order valence-electron chi connectivity index (χ4n) is 2.52. The minimum absolute atomic E-state index is 0.0820. The zero-order valence-corrected chi connectivity index (χ0v) is 16.5. The van der Waals surface area contributed by atoms with Crippen LogP contribution in [0.15, 0.2) is 30.5 Å². The summed E-state index contributed by atoms with van der Waals surface area (Å²) in [7, 11) is 0. The second-order valence-corrected chi connectivity index (χ2v) is 7.23. The van der Waals surface area contributed by atoms with Gasteiger partial charge in [-0.1, -0.05) is 0 Å². The normalized spacial score (nSPS) is 14.7. The summed E-state index contributed by atoms with van der Waals surface area (Å²) in [5, 5.41) is 2.58. The van der Waals surface area contributed by atoms with E-state index in [9.17, 15) is 9.59 Å². The Morgan fingerprint density at radius 2 is 2.03 bits per heavy atom. The molecule has 2 amide bonds. The molecule has 29 heavy (non-hydrogen) atoms. The second kappa shape index (κ2) is 8.21.